The molecule has 1 rings (SSSR count). The molecule has 9 heteroatoms. The lowest BCUT2D eigenvalue weighted by molar-refractivity contribution is -0.489. The molecule has 0 aliphatic carbocycles. The number of carboxylic acids is 1. The van der Waals surface area contributed by atoms with Gasteiger partial charge in [-0.1, -0.05) is 17.7 Å². The van der Waals surface area contributed by atoms with Gasteiger partial charge in [-0.3, -0.25) is 16.0 Å². The smallest absolute Gasteiger partial charge is 0.341 e. The minimum absolute atomic E-state index is 0.0115. The number of carboxylic acid groups (broad SMARTS) is 1. The largest absolute Gasteiger partial charge is 0.744 e. The highest BCUT2D eigenvalue weighted by atomic mass is 32.2. The van der Waals surface area contributed by atoms with Crippen molar-refractivity contribution in [2.24, 2.45) is 11.5 Å². The van der Waals surface area contributed by atoms with Gasteiger partial charge in [0.1, 0.15) is 10.1 Å². The van der Waals surface area contributed by atoms with E-state index in [-0.39, 0.29) is 17.4 Å². The van der Waals surface area contributed by atoms with Crippen molar-refractivity contribution in [1.29, 1.82) is 0 Å². The quantitative estimate of drug-likeness (QED) is 0.277. The number of carbonyl (C=O) groups is 1. The summed E-state index contributed by atoms with van der Waals surface area (Å²) in [6.45, 7) is 1.66. The summed E-state index contributed by atoms with van der Waals surface area (Å²) < 4.78 is 32.4. The van der Waals surface area contributed by atoms with Crippen molar-refractivity contribution in [1.82, 2.24) is 0 Å². The molecule has 20 heavy (non-hydrogen) atoms. The molecule has 0 radical (unpaired) electrons. The fraction of sp³-hybridized carbons (Fsp3) is 0.273. The van der Waals surface area contributed by atoms with Crippen molar-refractivity contribution in [2.75, 3.05) is 13.6 Å². The number of hydrogen-bond donors (Lipinski definition) is 3. The predicted molar refractivity (Wildman–Crippen MR) is 71.2 cm³/mol. The Hall–Kier alpha value is -2.13. The maximum atomic E-state index is 10.4. The highest BCUT2D eigenvalue weighted by molar-refractivity contribution is 7.85. The molecule has 1 aromatic carbocycles. The molecule has 0 bridgehead atoms. The minimum atomic E-state index is -4.27. The molecule has 0 atom stereocenters. The van der Waals surface area contributed by atoms with Crippen LogP contribution in [0.25, 0.3) is 0 Å². The van der Waals surface area contributed by atoms with E-state index in [0.29, 0.717) is 0 Å². The van der Waals surface area contributed by atoms with E-state index in [4.69, 9.17) is 16.6 Å². The van der Waals surface area contributed by atoms with E-state index >= 15 is 0 Å². The number of nitrogens with zero attached hydrogens (tertiary/aromatic N) is 1. The van der Waals surface area contributed by atoms with Gasteiger partial charge in [0.25, 0.3) is 0 Å². The van der Waals surface area contributed by atoms with Crippen LogP contribution in [0.1, 0.15) is 5.56 Å². The Bertz CT molecular complexity index is 589. The van der Waals surface area contributed by atoms with E-state index in [1.54, 1.807) is 12.1 Å². The summed E-state index contributed by atoms with van der Waals surface area (Å²) in [5.74, 6) is -0.941. The Labute approximate surface area is 117 Å². The van der Waals surface area contributed by atoms with Crippen LogP contribution in [0.5, 0.6) is 0 Å². The number of aryl methyl sites for hydroxylation is 1. The Kier molecular flexibility index (Phi) is 6.66. The van der Waals surface area contributed by atoms with Crippen molar-refractivity contribution in [3.8, 4) is 0 Å². The summed E-state index contributed by atoms with van der Waals surface area (Å²) in [4.78, 5) is 9.77. The third-order valence-electron chi connectivity index (χ3n) is 2.12. The number of nitrogens with two attached hydrogens (primary N) is 2. The lowest BCUT2D eigenvalue weighted by Crippen LogP contribution is -2.36. The highest BCUT2D eigenvalue weighted by Gasteiger charge is 2.01. The Morgan fingerprint density at radius 2 is 1.75 bits per heavy atom. The molecule has 0 aliphatic rings. The third kappa shape index (κ3) is 7.34. The molecular formula is C11H17N3O5S. The Morgan fingerprint density at radius 3 is 2.00 bits per heavy atom. The molecule has 0 fully saturated rings. The summed E-state index contributed by atoms with van der Waals surface area (Å²) in [6, 6.07) is 5.78. The van der Waals surface area contributed by atoms with Crippen molar-refractivity contribution < 1.29 is 27.4 Å². The zero-order chi connectivity index (χ0) is 15.9. The first-order chi connectivity index (χ1) is 9.04. The molecule has 0 saturated carbocycles. The van der Waals surface area contributed by atoms with Gasteiger partial charge in [0, 0.05) is 0 Å². The van der Waals surface area contributed by atoms with Crippen molar-refractivity contribution in [2.45, 2.75) is 11.8 Å². The predicted octanol–water partition coefficient (Wildman–Crippen LogP) is -1.11. The van der Waals surface area contributed by atoms with Crippen LogP contribution in [0.3, 0.4) is 0 Å². The van der Waals surface area contributed by atoms with Gasteiger partial charge in [-0.2, -0.15) is 0 Å². The normalized spacial score (nSPS) is 10.2. The summed E-state index contributed by atoms with van der Waals surface area (Å²) in [5.41, 5.74) is 11.0. The minimum Gasteiger partial charge on any atom is -0.744 e. The molecule has 0 saturated heterocycles. The zero-order valence-electron chi connectivity index (χ0n) is 11.1. The first kappa shape index (κ1) is 17.9. The van der Waals surface area contributed by atoms with Crippen LogP contribution < -0.4 is 11.5 Å². The summed E-state index contributed by atoms with van der Waals surface area (Å²) in [7, 11) is -2.77. The SMILES string of the molecule is C[N+](CC(=O)O)=C(N)N.Cc1ccc(S(=O)(=O)[O-])cc1. The first-order valence-corrected chi connectivity index (χ1v) is 6.78. The maximum Gasteiger partial charge on any atom is 0.341 e. The molecule has 1 aromatic rings. The third-order valence-corrected chi connectivity index (χ3v) is 2.97. The topological polar surface area (TPSA) is 150 Å². The average Bonchev–Trinajstić information content (AvgIpc) is 2.28. The second-order valence-electron chi connectivity index (χ2n) is 3.94. The Morgan fingerprint density at radius 1 is 1.30 bits per heavy atom. The summed E-state index contributed by atoms with van der Waals surface area (Å²) >= 11 is 0. The lowest BCUT2D eigenvalue weighted by atomic mass is 10.2. The van der Waals surface area contributed by atoms with E-state index in [0.717, 1.165) is 5.56 Å². The van der Waals surface area contributed by atoms with E-state index in [9.17, 15) is 17.8 Å². The molecule has 112 valence electrons. The fourth-order valence-corrected chi connectivity index (χ4v) is 1.47. The van der Waals surface area contributed by atoms with E-state index < -0.39 is 16.1 Å². The number of benzene rings is 1. The van der Waals surface area contributed by atoms with Crippen LogP contribution in [-0.2, 0) is 14.9 Å². The summed E-state index contributed by atoms with van der Waals surface area (Å²) in [6.07, 6.45) is 0. The monoisotopic (exact) mass is 303 g/mol. The number of hydrogen-bond acceptors (Lipinski definition) is 4. The van der Waals surface area contributed by atoms with Crippen LogP contribution in [0.15, 0.2) is 29.2 Å². The van der Waals surface area contributed by atoms with Gasteiger partial charge in [0.2, 0.25) is 0 Å². The van der Waals surface area contributed by atoms with Gasteiger partial charge in [0.05, 0.1) is 11.9 Å². The van der Waals surface area contributed by atoms with Gasteiger partial charge in [-0.05, 0) is 19.1 Å². The first-order valence-electron chi connectivity index (χ1n) is 5.37. The van der Waals surface area contributed by atoms with Gasteiger partial charge in [-0.25, -0.2) is 13.2 Å². The molecule has 0 unspecified atom stereocenters. The molecule has 0 aromatic heterocycles. The van der Waals surface area contributed by atoms with Gasteiger partial charge in [-0.15, -0.1) is 0 Å². The van der Waals surface area contributed by atoms with Crippen LogP contribution in [0.4, 0.5) is 0 Å². The maximum absolute atomic E-state index is 10.4. The van der Waals surface area contributed by atoms with Crippen LogP contribution in [-0.4, -0.2) is 48.2 Å². The van der Waals surface area contributed by atoms with E-state index in [2.05, 4.69) is 0 Å². The van der Waals surface area contributed by atoms with Crippen molar-refractivity contribution in [3.63, 3.8) is 0 Å². The van der Waals surface area contributed by atoms with Crippen molar-refractivity contribution in [3.05, 3.63) is 29.8 Å². The van der Waals surface area contributed by atoms with E-state index in [1.165, 1.54) is 23.8 Å². The summed E-state index contributed by atoms with van der Waals surface area (Å²) in [5, 5.41) is 8.17. The van der Waals surface area contributed by atoms with Gasteiger partial charge < -0.3 is 9.66 Å². The molecular weight excluding hydrogens is 286 g/mol. The Balaban J connectivity index is 0.000000370. The zero-order valence-corrected chi connectivity index (χ0v) is 11.9. The fourth-order valence-electron chi connectivity index (χ4n) is 0.999. The molecule has 8 nitrogen and oxygen atoms in total. The molecule has 0 aliphatic heterocycles. The van der Waals surface area contributed by atoms with Crippen LogP contribution in [0, 0.1) is 6.92 Å². The molecule has 0 spiro atoms. The molecule has 0 heterocycles. The molecule has 0 amide bonds. The van der Waals surface area contributed by atoms with E-state index in [1.807, 2.05) is 6.92 Å². The van der Waals surface area contributed by atoms with Gasteiger partial charge in [0.15, 0.2) is 6.54 Å². The second kappa shape index (κ2) is 7.46. The lowest BCUT2D eigenvalue weighted by Gasteiger charge is -2.05. The molecule has 5 N–H and O–H groups in total. The van der Waals surface area contributed by atoms with Crippen molar-refractivity contribution >= 4 is 22.0 Å². The number of aliphatic carboxylic acids is 1. The standard InChI is InChI=1S/C7H8O3S.C4H9N3O2/c1-6-2-4-7(5-3-6)11(8,9)10;1-7(4(5)6)2-3(8)9/h2-5H,1H3,(H,8,9,10);2H2,1H3,(H4,5,6,8,9). The average molecular weight is 303 g/mol. The van der Waals surface area contributed by atoms with Crippen LogP contribution >= 0.6 is 0 Å². The van der Waals surface area contributed by atoms with Crippen LogP contribution in [0.2, 0.25) is 0 Å². The number of guanidine groups is 1. The second-order valence-corrected chi connectivity index (χ2v) is 5.32. The highest BCUT2D eigenvalue weighted by Crippen LogP contribution is 2.08. The number of likely N-dealkylation sites (N-methyl/N-ethyl adjacent to an activating group) is 1. The number of rotatable bonds is 3. The van der Waals surface area contributed by atoms with Gasteiger partial charge >= 0.3 is 11.9 Å².